The van der Waals surface area contributed by atoms with Gasteiger partial charge in [-0.2, -0.15) is 4.98 Å². The summed E-state index contributed by atoms with van der Waals surface area (Å²) >= 11 is 5.43. The van der Waals surface area contributed by atoms with Crippen LogP contribution in [-0.2, 0) is 77.3 Å². The lowest BCUT2D eigenvalue weighted by molar-refractivity contribution is -0.153. The molecule has 3 aliphatic heterocycles. The van der Waals surface area contributed by atoms with E-state index >= 15 is 0 Å². The number of benzene rings is 1. The van der Waals surface area contributed by atoms with Crippen molar-refractivity contribution in [3.8, 4) is 17.2 Å². The van der Waals surface area contributed by atoms with Gasteiger partial charge in [0, 0.05) is 74.4 Å². The Kier molecular flexibility index (Phi) is 58.4. The second-order valence-corrected chi connectivity index (χ2v) is 42.5. The molecule has 11 atom stereocenters. The molecule has 2 amide bonds. The molecule has 5 unspecified atom stereocenters. The van der Waals surface area contributed by atoms with Crippen molar-refractivity contribution in [1.82, 2.24) is 33.6 Å². The van der Waals surface area contributed by atoms with E-state index in [1.807, 2.05) is 0 Å². The highest BCUT2D eigenvalue weighted by molar-refractivity contribution is 8.07. The van der Waals surface area contributed by atoms with Crippen molar-refractivity contribution in [2.24, 2.45) is 0 Å². The average molecular weight is 2010 g/mol. The van der Waals surface area contributed by atoms with E-state index in [2.05, 4.69) is 41.0 Å². The summed E-state index contributed by atoms with van der Waals surface area (Å²) < 4.78 is 90.0. The van der Waals surface area contributed by atoms with E-state index in [-0.39, 0.29) is 86.7 Å². The third-order valence-electron chi connectivity index (χ3n) is 26.2. The highest BCUT2D eigenvalue weighted by atomic mass is 32.5. The number of Topliss-reactive ketones (excluding diaryl/α,β-unsaturated/α-hetero) is 1. The molecule has 3 saturated heterocycles. The third-order valence-corrected chi connectivity index (χ3v) is 28.8. The van der Waals surface area contributed by atoms with Gasteiger partial charge >= 0.3 is 43.5 Å². The number of H-pyrrole nitrogens is 2. The van der Waals surface area contributed by atoms with Gasteiger partial charge in [-0.25, -0.2) is 18.9 Å². The van der Waals surface area contributed by atoms with Crippen LogP contribution in [0.5, 0.6) is 17.2 Å². The molecule has 6 heterocycles. The number of anilines is 1. The SMILES string of the molecule is CCCCCCCCCCCCCCCCCCOc1cc(C(=O)N(C)CCOC(=O)CCC(=O)Nc2ccn([C@H]3CC(OC(=O)CCC(C)=O)[C@@H](COP(=O)(O)OC4C[C@H](n5cc(C)c(=O)[nH]c5=O)O[C@@H]4COP(O)(=S)OC4C[C@H](n5cc(C)c(=O)[nH]c5=O)O[C@@H]4CC)O3)c(=O)n2)cc(OCCCCCCCCCCCCCCCCCC)c1OCCCCCCCCCCCCCCCCCC. The van der Waals surface area contributed by atoms with E-state index in [9.17, 15) is 62.3 Å². The summed E-state index contributed by atoms with van der Waals surface area (Å²) in [5.41, 5.74) is -3.20. The van der Waals surface area contributed by atoms with Crippen molar-refractivity contribution >= 4 is 61.7 Å². The number of aromatic nitrogens is 6. The zero-order valence-electron chi connectivity index (χ0n) is 85.0. The molecule has 3 aliphatic rings. The van der Waals surface area contributed by atoms with E-state index in [0.717, 1.165) is 66.9 Å². The van der Waals surface area contributed by atoms with Gasteiger partial charge in [-0.1, -0.05) is 317 Å². The average Bonchev–Trinajstić information content (AvgIpc) is 1.68. The molecule has 139 heavy (non-hydrogen) atoms. The molecule has 0 spiro atoms. The number of likely N-dealkylation sites (N-methyl/N-ethyl adjacent to an activating group) is 1. The fourth-order valence-electron chi connectivity index (χ4n) is 17.8. The first kappa shape index (κ1) is 119. The first-order valence-electron chi connectivity index (χ1n) is 53.1. The lowest BCUT2D eigenvalue weighted by Gasteiger charge is -2.26. The first-order chi connectivity index (χ1) is 67.1. The fourth-order valence-corrected chi connectivity index (χ4v) is 20.3. The molecule has 3 fully saturated rings. The van der Waals surface area contributed by atoms with Crippen LogP contribution < -0.4 is 47.7 Å². The number of hydrogen-bond donors (Lipinski definition) is 5. The molecule has 0 saturated carbocycles. The van der Waals surface area contributed by atoms with Crippen LogP contribution in [-0.4, -0.2) is 163 Å². The van der Waals surface area contributed by atoms with Crippen molar-refractivity contribution in [2.45, 2.75) is 463 Å². The van der Waals surface area contributed by atoms with Crippen LogP contribution in [0.2, 0.25) is 0 Å². The Morgan fingerprint density at radius 2 is 0.856 bits per heavy atom. The van der Waals surface area contributed by atoms with Gasteiger partial charge in [-0.15, -0.1) is 0 Å². The maximum Gasteiger partial charge on any atom is 0.472 e. The monoisotopic (exact) mass is 2010 g/mol. The predicted molar refractivity (Wildman–Crippen MR) is 542 cm³/mol. The van der Waals surface area contributed by atoms with Crippen molar-refractivity contribution in [2.75, 3.05) is 58.6 Å². The molecule has 0 radical (unpaired) electrons. The van der Waals surface area contributed by atoms with E-state index < -0.39 is 129 Å². The number of esters is 2. The standard InChI is InChI=1S/C103H170N8O25P2S/c1-9-13-16-19-22-25-28-31-34-37-40-43-46-49-52-55-65-125-86-69-81(70-87(126-66-56-53-50-47-44-41-38-35-32-29-26-23-20-17-14-10-2)97(86)128-67-57-54-51-48-45-42-39-36-33-30-27-24-21-18-15-11-3)100(118)108(8)64-68-127-95(114)61-59-91(113)104-90-62-63-109(101(119)105-90)92-71-83(134-96(115)60-58-80(7)112)88(132-92)76-129-137(122,123)135-85-73-94(111-75-79(6)99(117)107-103(111)121)133-89(85)77-130-138(124,139)136-84-72-93(131-82(84)12-4)110-74-78(5)98(116)106-102(110)120/h62-63,69-70,74-75,82-85,88-89,92-94H,9-61,64-68,71-73,76-77H2,1-8H3,(H,122,123)(H,124,139)(H,106,116,120)(H,107,117,121)(H,104,105,113,119)/t82-,83?,84?,85?,88-,89-,92-,93-,94-,138?/m1/s1. The van der Waals surface area contributed by atoms with Crippen molar-refractivity contribution in [3.63, 3.8) is 0 Å². The van der Waals surface area contributed by atoms with Crippen LogP contribution in [0.4, 0.5) is 5.82 Å². The molecule has 36 heteroatoms. The normalized spacial score (nSPS) is 18.9. The van der Waals surface area contributed by atoms with Crippen LogP contribution in [0, 0.1) is 13.8 Å². The largest absolute Gasteiger partial charge is 0.490 e. The summed E-state index contributed by atoms with van der Waals surface area (Å²) in [6.07, 6.45) is 51.8. The number of hydrogen-bond acceptors (Lipinski definition) is 25. The number of ketones is 1. The fraction of sp³-hybridized carbons (Fsp3) is 0.777. The number of rotatable bonds is 80. The summed E-state index contributed by atoms with van der Waals surface area (Å²) in [5.74, 6) is -1.71. The lowest BCUT2D eigenvalue weighted by Crippen LogP contribution is -2.33. The van der Waals surface area contributed by atoms with Gasteiger partial charge < -0.3 is 71.7 Å². The van der Waals surface area contributed by atoms with Crippen LogP contribution >= 0.6 is 14.5 Å². The molecule has 4 aromatic rings. The first-order valence-corrected chi connectivity index (χ1v) is 57.2. The number of carbonyl (C=O) groups excluding carboxylic acids is 5. The van der Waals surface area contributed by atoms with Crippen LogP contribution in [0.3, 0.4) is 0 Å². The van der Waals surface area contributed by atoms with Crippen molar-refractivity contribution in [1.29, 1.82) is 0 Å². The summed E-state index contributed by atoms with van der Waals surface area (Å²) in [4.78, 5) is 164. The number of aromatic amines is 2. The maximum absolute atomic E-state index is 14.6. The van der Waals surface area contributed by atoms with E-state index in [4.69, 9.17) is 67.8 Å². The van der Waals surface area contributed by atoms with Crippen LogP contribution in [0.1, 0.15) is 434 Å². The molecule has 788 valence electrons. The van der Waals surface area contributed by atoms with Crippen molar-refractivity contribution in [3.05, 3.63) is 106 Å². The minimum absolute atomic E-state index is 0.00973. The second-order valence-electron chi connectivity index (χ2n) is 38.3. The number of unbranched alkanes of at least 4 members (excludes halogenated alkanes) is 45. The van der Waals surface area contributed by atoms with E-state index in [1.54, 1.807) is 26.1 Å². The number of nitrogens with one attached hydrogen (secondary N) is 3. The zero-order chi connectivity index (χ0) is 100. The quantitative estimate of drug-likeness (QED) is 0.0156. The van der Waals surface area contributed by atoms with Crippen LogP contribution in [0.15, 0.2) is 60.8 Å². The molecule has 1 aromatic carbocycles. The molecular weight excluding hydrogens is 1840 g/mol. The zero-order valence-corrected chi connectivity index (χ0v) is 87.6. The number of amides is 2. The number of phosphoric ester groups is 1. The van der Waals surface area contributed by atoms with E-state index in [1.165, 1.54) is 305 Å². The summed E-state index contributed by atoms with van der Waals surface area (Å²) in [6, 6.07) is 4.77. The highest BCUT2D eigenvalue weighted by Gasteiger charge is 2.47. The summed E-state index contributed by atoms with van der Waals surface area (Å²) in [7, 11) is -3.68. The minimum atomic E-state index is -5.31. The number of aryl methyl sites for hydroxylation is 2. The second kappa shape index (κ2) is 68.3. The molecule has 7 rings (SSSR count). The predicted octanol–water partition coefficient (Wildman–Crippen LogP) is 21.6. The molecule has 0 aliphatic carbocycles. The maximum atomic E-state index is 14.6. The third kappa shape index (κ3) is 47.1. The number of ether oxygens (including phenoxy) is 8. The molecular formula is C103H170N8O25P2S. The molecule has 0 bridgehead atoms. The van der Waals surface area contributed by atoms with E-state index in [0.29, 0.717) is 49.1 Å². The van der Waals surface area contributed by atoms with Gasteiger partial charge in [0.1, 0.15) is 61.3 Å². The Hall–Kier alpha value is -7.07. The van der Waals surface area contributed by atoms with Gasteiger partial charge in [0.2, 0.25) is 11.7 Å². The van der Waals surface area contributed by atoms with Gasteiger partial charge in [-0.3, -0.25) is 61.5 Å². The number of phosphoric acid groups is 1. The van der Waals surface area contributed by atoms with Gasteiger partial charge in [0.05, 0.1) is 64.6 Å². The molecule has 5 N–H and O–H groups in total. The Labute approximate surface area is 829 Å². The number of nitrogens with zero attached hydrogens (tertiary/aromatic N) is 5. The summed E-state index contributed by atoms with van der Waals surface area (Å²) in [6.45, 7) is 8.16. The smallest absolute Gasteiger partial charge is 0.472 e. The van der Waals surface area contributed by atoms with Gasteiger partial charge in [0.25, 0.3) is 17.0 Å². The van der Waals surface area contributed by atoms with Gasteiger partial charge in [-0.05, 0) is 76.5 Å². The number of carbonyl (C=O) groups is 5. The highest BCUT2D eigenvalue weighted by Crippen LogP contribution is 2.53. The Bertz CT molecular complexity index is 4580. The minimum Gasteiger partial charge on any atom is -0.490 e. The Morgan fingerprint density at radius 3 is 1.27 bits per heavy atom. The lowest BCUT2D eigenvalue weighted by atomic mass is 10.0. The summed E-state index contributed by atoms with van der Waals surface area (Å²) in [5, 5.41) is 2.52. The van der Waals surface area contributed by atoms with Crippen molar-refractivity contribution < 1.29 is 94.3 Å². The molecule has 3 aromatic heterocycles. The Morgan fingerprint density at radius 1 is 0.482 bits per heavy atom. The topological polar surface area (TPSA) is 414 Å². The van der Waals surface area contributed by atoms with Gasteiger partial charge in [0.15, 0.2) is 11.5 Å². The van der Waals surface area contributed by atoms with Crippen LogP contribution in [0.25, 0.3) is 0 Å². The molecule has 33 nitrogen and oxygen atoms in total. The Balaban J connectivity index is 0.938.